The van der Waals surface area contributed by atoms with Crippen molar-refractivity contribution in [1.82, 2.24) is 4.90 Å². The summed E-state index contributed by atoms with van der Waals surface area (Å²) >= 11 is 0. The van der Waals surface area contributed by atoms with Crippen molar-refractivity contribution in [2.75, 3.05) is 26.2 Å². The molecule has 1 aromatic rings. The van der Waals surface area contributed by atoms with Gasteiger partial charge in [-0.05, 0) is 128 Å². The molecule has 1 aromatic carbocycles. The molecule has 0 N–H and O–H groups in total. The van der Waals surface area contributed by atoms with E-state index in [9.17, 15) is 0 Å². The molecule has 1 heterocycles. The van der Waals surface area contributed by atoms with Crippen molar-refractivity contribution in [3.05, 3.63) is 77.9 Å². The van der Waals surface area contributed by atoms with E-state index in [-0.39, 0.29) is 5.41 Å². The van der Waals surface area contributed by atoms with Crippen molar-refractivity contribution < 1.29 is 0 Å². The summed E-state index contributed by atoms with van der Waals surface area (Å²) in [4.78, 5) is 7.66. The monoisotopic (exact) mass is 536 g/mol. The van der Waals surface area contributed by atoms with Crippen LogP contribution in [0.4, 0.5) is 0 Å². The molecule has 6 atom stereocenters. The third-order valence-corrected chi connectivity index (χ3v) is 12.0. The van der Waals surface area contributed by atoms with E-state index in [2.05, 4.69) is 86.9 Å². The lowest BCUT2D eigenvalue weighted by molar-refractivity contribution is -0.0436. The molecule has 0 radical (unpaired) electrons. The Morgan fingerprint density at radius 3 is 2.60 bits per heavy atom. The normalized spacial score (nSPS) is 37.3. The van der Waals surface area contributed by atoms with Crippen molar-refractivity contribution >= 4 is 11.3 Å². The third-order valence-electron chi connectivity index (χ3n) is 12.0. The van der Waals surface area contributed by atoms with Crippen LogP contribution in [0.25, 0.3) is 5.57 Å². The second kappa shape index (κ2) is 11.6. The number of aliphatic imine (C=N–C) groups is 1. The predicted octanol–water partition coefficient (Wildman–Crippen LogP) is 9.32. The van der Waals surface area contributed by atoms with Gasteiger partial charge in [0.05, 0.1) is 6.54 Å². The first-order valence-corrected chi connectivity index (χ1v) is 16.4. The highest BCUT2D eigenvalue weighted by Crippen LogP contribution is 2.66. The zero-order valence-electron chi connectivity index (χ0n) is 25.5. The summed E-state index contributed by atoms with van der Waals surface area (Å²) in [6.07, 6.45) is 23.2. The number of benzene rings is 1. The van der Waals surface area contributed by atoms with Crippen LogP contribution in [0.15, 0.2) is 77.4 Å². The van der Waals surface area contributed by atoms with E-state index in [1.54, 1.807) is 11.1 Å². The van der Waals surface area contributed by atoms with Gasteiger partial charge in [-0.2, -0.15) is 0 Å². The molecule has 5 aliphatic rings. The molecule has 4 aliphatic carbocycles. The molecule has 0 aromatic heterocycles. The molecule has 3 unspecified atom stereocenters. The fraction of sp³-hybridized carbons (Fsp3) is 0.605. The molecule has 0 amide bonds. The van der Waals surface area contributed by atoms with Crippen LogP contribution >= 0.6 is 0 Å². The highest BCUT2D eigenvalue weighted by molar-refractivity contribution is 5.96. The Hall–Kier alpha value is -2.19. The lowest BCUT2D eigenvalue weighted by Gasteiger charge is -2.57. The third kappa shape index (κ3) is 5.26. The van der Waals surface area contributed by atoms with Crippen LogP contribution in [0.2, 0.25) is 0 Å². The summed E-state index contributed by atoms with van der Waals surface area (Å²) in [6.45, 7) is 16.5. The van der Waals surface area contributed by atoms with Crippen molar-refractivity contribution in [3.8, 4) is 0 Å². The standard InChI is InChI=1S/C38H52N2/c1-28(27-40-23-9-6-10-24-40)26-39-34-18-16-30-15-17-33-21-22-37(3)35(31-11-7-5-8-12-31)19-20-36(37)38(33,4)29(2)13-14-32(30)25-34/h5,7-8,11-12,15,17,19,25,29-30,33,36H,1,6,9-10,13-14,16,18,20-24,26-27H2,2-4H3/t29?,30-,33?,36?,37-,38-/m1/s1. The molecule has 2 heteroatoms. The highest BCUT2D eigenvalue weighted by atomic mass is 15.1. The van der Waals surface area contributed by atoms with Gasteiger partial charge in [-0.25, -0.2) is 0 Å². The predicted molar refractivity (Wildman–Crippen MR) is 172 cm³/mol. The summed E-state index contributed by atoms with van der Waals surface area (Å²) < 4.78 is 0. The Balaban J connectivity index is 1.17. The van der Waals surface area contributed by atoms with E-state index >= 15 is 0 Å². The largest absolute Gasteiger partial charge is 0.299 e. The minimum Gasteiger partial charge on any atom is -0.299 e. The van der Waals surface area contributed by atoms with Gasteiger partial charge in [-0.3, -0.25) is 9.89 Å². The fourth-order valence-corrected chi connectivity index (χ4v) is 9.41. The molecule has 0 bridgehead atoms. The maximum Gasteiger partial charge on any atom is 0.0612 e. The number of allylic oxidation sites excluding steroid dienone is 6. The number of piperidine rings is 1. The molecule has 40 heavy (non-hydrogen) atoms. The summed E-state index contributed by atoms with van der Waals surface area (Å²) in [5, 5.41) is 0. The average molecular weight is 537 g/mol. The Kier molecular flexibility index (Phi) is 8.10. The Morgan fingerprint density at radius 2 is 1.80 bits per heavy atom. The Morgan fingerprint density at radius 1 is 1.00 bits per heavy atom. The van der Waals surface area contributed by atoms with Crippen LogP contribution in [-0.4, -0.2) is 36.8 Å². The first-order chi connectivity index (χ1) is 19.4. The van der Waals surface area contributed by atoms with E-state index in [1.165, 1.54) is 87.7 Å². The lowest BCUT2D eigenvalue weighted by atomic mass is 9.47. The molecule has 1 saturated carbocycles. The van der Waals surface area contributed by atoms with Crippen molar-refractivity contribution in [2.45, 2.75) is 85.0 Å². The van der Waals surface area contributed by atoms with E-state index in [0.717, 1.165) is 19.5 Å². The number of nitrogens with zero attached hydrogens (tertiary/aromatic N) is 2. The van der Waals surface area contributed by atoms with Gasteiger partial charge in [0.15, 0.2) is 0 Å². The summed E-state index contributed by atoms with van der Waals surface area (Å²) in [5.74, 6) is 2.68. The highest BCUT2D eigenvalue weighted by Gasteiger charge is 2.57. The zero-order chi connectivity index (χ0) is 27.7. The van der Waals surface area contributed by atoms with Crippen LogP contribution < -0.4 is 0 Å². The number of hydrogen-bond donors (Lipinski definition) is 0. The molecule has 1 saturated heterocycles. The van der Waals surface area contributed by atoms with Crippen molar-refractivity contribution in [2.24, 2.45) is 39.5 Å². The molecular weight excluding hydrogens is 484 g/mol. The quantitative estimate of drug-likeness (QED) is 0.342. The number of rotatable bonds is 5. The molecule has 1 aliphatic heterocycles. The molecule has 214 valence electrons. The van der Waals surface area contributed by atoms with E-state index in [1.807, 2.05) is 0 Å². The minimum atomic E-state index is 0.283. The van der Waals surface area contributed by atoms with Gasteiger partial charge in [0.2, 0.25) is 0 Å². The van der Waals surface area contributed by atoms with Crippen LogP contribution in [0.5, 0.6) is 0 Å². The average Bonchev–Trinajstić information content (AvgIpc) is 3.35. The second-order valence-corrected chi connectivity index (χ2v) is 14.3. The van der Waals surface area contributed by atoms with Gasteiger partial charge in [0.25, 0.3) is 0 Å². The van der Waals surface area contributed by atoms with Crippen LogP contribution in [0, 0.1) is 34.5 Å². The van der Waals surface area contributed by atoms with Gasteiger partial charge in [0.1, 0.15) is 0 Å². The number of hydrogen-bond acceptors (Lipinski definition) is 2. The van der Waals surface area contributed by atoms with Gasteiger partial charge in [-0.1, -0.05) is 87.9 Å². The second-order valence-electron chi connectivity index (χ2n) is 14.3. The molecule has 2 nitrogen and oxygen atoms in total. The Labute approximate surface area is 244 Å². The molecule has 2 fully saturated rings. The van der Waals surface area contributed by atoms with Crippen LogP contribution in [-0.2, 0) is 0 Å². The van der Waals surface area contributed by atoms with E-state index in [0.29, 0.717) is 29.1 Å². The molecular formula is C38H52N2. The fourth-order valence-electron chi connectivity index (χ4n) is 9.41. The van der Waals surface area contributed by atoms with Crippen LogP contribution in [0.3, 0.4) is 0 Å². The summed E-state index contributed by atoms with van der Waals surface area (Å²) in [5.41, 5.74) is 7.90. The first-order valence-electron chi connectivity index (χ1n) is 16.4. The van der Waals surface area contributed by atoms with Crippen molar-refractivity contribution in [3.63, 3.8) is 0 Å². The minimum absolute atomic E-state index is 0.283. The number of fused-ring (bicyclic) bond motifs is 4. The summed E-state index contributed by atoms with van der Waals surface area (Å²) in [7, 11) is 0. The number of likely N-dealkylation sites (tertiary alicyclic amines) is 1. The van der Waals surface area contributed by atoms with E-state index in [4.69, 9.17) is 4.99 Å². The maximum absolute atomic E-state index is 5.09. The van der Waals surface area contributed by atoms with Gasteiger partial charge in [-0.15, -0.1) is 0 Å². The smallest absolute Gasteiger partial charge is 0.0612 e. The zero-order valence-corrected chi connectivity index (χ0v) is 25.5. The molecule has 6 rings (SSSR count). The first kappa shape index (κ1) is 28.0. The topological polar surface area (TPSA) is 15.6 Å². The SMILES string of the molecule is C=C(CN=C1C=C2CCC(C)[C@]3(C)C(C=C[C@@H]2CC1)CC[C@]1(C)C(c2ccccc2)=CCC31)CN1CCCCC1. The Bertz CT molecular complexity index is 1200. The van der Waals surface area contributed by atoms with Crippen LogP contribution in [0.1, 0.15) is 90.5 Å². The van der Waals surface area contributed by atoms with Gasteiger partial charge in [0, 0.05) is 12.3 Å². The van der Waals surface area contributed by atoms with Gasteiger partial charge >= 0.3 is 0 Å². The van der Waals surface area contributed by atoms with Gasteiger partial charge < -0.3 is 0 Å². The maximum atomic E-state index is 5.09. The lowest BCUT2D eigenvalue weighted by Crippen LogP contribution is -2.50. The molecule has 0 spiro atoms. The van der Waals surface area contributed by atoms with Crippen molar-refractivity contribution in [1.29, 1.82) is 0 Å². The summed E-state index contributed by atoms with van der Waals surface area (Å²) in [6, 6.07) is 11.2. The van der Waals surface area contributed by atoms with E-state index < -0.39 is 0 Å².